The van der Waals surface area contributed by atoms with Crippen molar-refractivity contribution >= 4 is 22.6 Å². The van der Waals surface area contributed by atoms with Gasteiger partial charge in [-0.2, -0.15) is 0 Å². The number of carbonyl (C=O) groups excluding carboxylic acids is 1. The summed E-state index contributed by atoms with van der Waals surface area (Å²) in [6, 6.07) is 6.75. The summed E-state index contributed by atoms with van der Waals surface area (Å²) in [4.78, 5) is 22.7. The smallest absolute Gasteiger partial charge is 0.237 e. The lowest BCUT2D eigenvalue weighted by atomic mass is 9.87. The second-order valence-electron chi connectivity index (χ2n) is 6.47. The molecule has 23 heavy (non-hydrogen) atoms. The van der Waals surface area contributed by atoms with E-state index in [1.54, 1.807) is 0 Å². The third kappa shape index (κ3) is 2.63. The summed E-state index contributed by atoms with van der Waals surface area (Å²) in [7, 11) is 0. The number of piperazine rings is 1. The van der Waals surface area contributed by atoms with Crippen LogP contribution in [0.25, 0.3) is 10.9 Å². The monoisotopic (exact) mass is 311 g/mol. The summed E-state index contributed by atoms with van der Waals surface area (Å²) in [5.74, 6) is 0.683. The van der Waals surface area contributed by atoms with Crippen LogP contribution in [0.1, 0.15) is 31.2 Å². The molecule has 1 aromatic heterocycles. The highest BCUT2D eigenvalue weighted by atomic mass is 16.2. The number of fused-ring (bicyclic) bond motifs is 2. The summed E-state index contributed by atoms with van der Waals surface area (Å²) >= 11 is 0. The Balaban J connectivity index is 1.62. The van der Waals surface area contributed by atoms with Gasteiger partial charge in [0.1, 0.15) is 12.1 Å². The second-order valence-corrected chi connectivity index (χ2v) is 6.47. The molecule has 0 radical (unpaired) electrons. The van der Waals surface area contributed by atoms with Crippen molar-refractivity contribution in [2.24, 2.45) is 0 Å². The Hall–Kier alpha value is -2.21. The first-order chi connectivity index (χ1) is 11.2. The third-order valence-corrected chi connectivity index (χ3v) is 5.05. The van der Waals surface area contributed by atoms with Crippen LogP contribution in [0.5, 0.6) is 0 Å². The zero-order chi connectivity index (χ0) is 15.8. The van der Waals surface area contributed by atoms with Crippen molar-refractivity contribution in [1.82, 2.24) is 20.2 Å². The van der Waals surface area contributed by atoms with E-state index in [-0.39, 0.29) is 5.91 Å². The number of amides is 1. The van der Waals surface area contributed by atoms with Gasteiger partial charge in [0.2, 0.25) is 5.91 Å². The predicted octanol–water partition coefficient (Wildman–Crippen LogP) is 1.45. The standard InChI is InChI=1S/C17H21N5O/c18-17-12-6-5-11(7-14(12)20-10-21-17)9-22-15-4-2-1-3-13(15)19-8-16(22)23/h5-7,10,13,15,19H,1-4,8-9H2,(H2,18,20,21)/t13-,15-/m0/s1. The summed E-state index contributed by atoms with van der Waals surface area (Å²) in [6.45, 7) is 1.09. The van der Waals surface area contributed by atoms with Crippen molar-refractivity contribution in [1.29, 1.82) is 0 Å². The molecule has 1 aliphatic carbocycles. The minimum absolute atomic E-state index is 0.190. The zero-order valence-electron chi connectivity index (χ0n) is 13.0. The van der Waals surface area contributed by atoms with Crippen LogP contribution in [0.15, 0.2) is 24.5 Å². The van der Waals surface area contributed by atoms with E-state index in [0.29, 0.717) is 31.0 Å². The van der Waals surface area contributed by atoms with Gasteiger partial charge in [0.05, 0.1) is 12.1 Å². The van der Waals surface area contributed by atoms with Gasteiger partial charge in [-0.05, 0) is 30.5 Å². The fraction of sp³-hybridized carbons (Fsp3) is 0.471. The number of carbonyl (C=O) groups is 1. The SMILES string of the molecule is Nc1ncnc2cc(CN3C(=O)CN[C@H]4CCCC[C@@H]43)ccc12. The molecule has 3 N–H and O–H groups in total. The molecule has 1 amide bonds. The minimum Gasteiger partial charge on any atom is -0.383 e. The maximum atomic E-state index is 12.4. The van der Waals surface area contributed by atoms with E-state index in [1.807, 2.05) is 23.1 Å². The molecule has 0 unspecified atom stereocenters. The highest BCUT2D eigenvalue weighted by Crippen LogP contribution is 2.28. The first-order valence-electron chi connectivity index (χ1n) is 8.24. The Labute approximate surface area is 135 Å². The number of nitrogens with zero attached hydrogens (tertiary/aromatic N) is 3. The van der Waals surface area contributed by atoms with E-state index < -0.39 is 0 Å². The molecule has 6 heteroatoms. The van der Waals surface area contributed by atoms with Gasteiger partial charge >= 0.3 is 0 Å². The van der Waals surface area contributed by atoms with Gasteiger partial charge in [-0.3, -0.25) is 4.79 Å². The Morgan fingerprint density at radius 1 is 1.26 bits per heavy atom. The molecular formula is C17H21N5O. The van der Waals surface area contributed by atoms with Crippen molar-refractivity contribution in [2.45, 2.75) is 44.3 Å². The molecule has 1 saturated heterocycles. The van der Waals surface area contributed by atoms with Crippen LogP contribution in [0, 0.1) is 0 Å². The molecule has 2 atom stereocenters. The fourth-order valence-corrected chi connectivity index (χ4v) is 3.85. The summed E-state index contributed by atoms with van der Waals surface area (Å²) in [6.07, 6.45) is 6.19. The molecule has 2 aromatic rings. The van der Waals surface area contributed by atoms with E-state index in [2.05, 4.69) is 15.3 Å². The lowest BCUT2D eigenvalue weighted by molar-refractivity contribution is -0.138. The number of hydrogen-bond donors (Lipinski definition) is 2. The normalized spacial score (nSPS) is 24.7. The van der Waals surface area contributed by atoms with Crippen LogP contribution >= 0.6 is 0 Å². The fourth-order valence-electron chi connectivity index (χ4n) is 3.85. The van der Waals surface area contributed by atoms with E-state index in [0.717, 1.165) is 29.3 Å². The highest BCUT2D eigenvalue weighted by molar-refractivity contribution is 5.88. The second kappa shape index (κ2) is 5.77. The van der Waals surface area contributed by atoms with Gasteiger partial charge in [-0.15, -0.1) is 0 Å². The topological polar surface area (TPSA) is 84.1 Å². The lowest BCUT2D eigenvalue weighted by Gasteiger charge is -2.44. The van der Waals surface area contributed by atoms with E-state index in [9.17, 15) is 4.79 Å². The number of benzene rings is 1. The van der Waals surface area contributed by atoms with Crippen LogP contribution < -0.4 is 11.1 Å². The Bertz CT molecular complexity index is 747. The van der Waals surface area contributed by atoms with E-state index in [1.165, 1.54) is 19.2 Å². The average molecular weight is 311 g/mol. The molecule has 120 valence electrons. The highest BCUT2D eigenvalue weighted by Gasteiger charge is 2.36. The van der Waals surface area contributed by atoms with Crippen molar-refractivity contribution in [3.05, 3.63) is 30.1 Å². The number of aromatic nitrogens is 2. The molecule has 2 aliphatic rings. The maximum Gasteiger partial charge on any atom is 0.237 e. The minimum atomic E-state index is 0.190. The molecule has 0 spiro atoms. The number of anilines is 1. The quantitative estimate of drug-likeness (QED) is 0.877. The average Bonchev–Trinajstić information content (AvgIpc) is 2.58. The Kier molecular flexibility index (Phi) is 3.61. The van der Waals surface area contributed by atoms with Crippen LogP contribution in [0.2, 0.25) is 0 Å². The lowest BCUT2D eigenvalue weighted by Crippen LogP contribution is -2.61. The van der Waals surface area contributed by atoms with E-state index >= 15 is 0 Å². The van der Waals surface area contributed by atoms with Gasteiger partial charge < -0.3 is 16.0 Å². The van der Waals surface area contributed by atoms with Crippen molar-refractivity contribution in [3.8, 4) is 0 Å². The van der Waals surface area contributed by atoms with Crippen molar-refractivity contribution in [2.75, 3.05) is 12.3 Å². The number of nitrogen functional groups attached to an aromatic ring is 1. The van der Waals surface area contributed by atoms with Crippen LogP contribution in [0.3, 0.4) is 0 Å². The van der Waals surface area contributed by atoms with Gasteiger partial charge in [0.15, 0.2) is 0 Å². The number of nitrogens with one attached hydrogen (secondary N) is 1. The number of hydrogen-bond acceptors (Lipinski definition) is 5. The molecule has 2 fully saturated rings. The van der Waals surface area contributed by atoms with Crippen LogP contribution in [-0.4, -0.2) is 39.4 Å². The first-order valence-corrected chi connectivity index (χ1v) is 8.24. The number of rotatable bonds is 2. The molecule has 4 rings (SSSR count). The molecule has 2 heterocycles. The largest absolute Gasteiger partial charge is 0.383 e. The summed E-state index contributed by atoms with van der Waals surface area (Å²) in [5, 5.41) is 4.25. The van der Waals surface area contributed by atoms with Gasteiger partial charge in [-0.25, -0.2) is 9.97 Å². The van der Waals surface area contributed by atoms with Gasteiger partial charge in [-0.1, -0.05) is 18.9 Å². The molecule has 0 bridgehead atoms. The molecule has 6 nitrogen and oxygen atoms in total. The molecule has 1 saturated carbocycles. The van der Waals surface area contributed by atoms with Crippen LogP contribution in [0.4, 0.5) is 5.82 Å². The van der Waals surface area contributed by atoms with Gasteiger partial charge in [0.25, 0.3) is 0 Å². The third-order valence-electron chi connectivity index (χ3n) is 5.05. The Morgan fingerprint density at radius 2 is 2.13 bits per heavy atom. The maximum absolute atomic E-state index is 12.4. The van der Waals surface area contributed by atoms with Crippen molar-refractivity contribution in [3.63, 3.8) is 0 Å². The summed E-state index contributed by atoms with van der Waals surface area (Å²) in [5.41, 5.74) is 7.80. The molecule has 1 aliphatic heterocycles. The molecular weight excluding hydrogens is 290 g/mol. The van der Waals surface area contributed by atoms with Crippen molar-refractivity contribution < 1.29 is 4.79 Å². The predicted molar refractivity (Wildman–Crippen MR) is 88.5 cm³/mol. The molecule has 1 aromatic carbocycles. The summed E-state index contributed by atoms with van der Waals surface area (Å²) < 4.78 is 0. The first kappa shape index (κ1) is 14.4. The zero-order valence-corrected chi connectivity index (χ0v) is 13.0. The van der Waals surface area contributed by atoms with Gasteiger partial charge in [0, 0.05) is 24.0 Å². The van der Waals surface area contributed by atoms with Crippen LogP contribution in [-0.2, 0) is 11.3 Å². The Morgan fingerprint density at radius 3 is 3.04 bits per heavy atom. The van der Waals surface area contributed by atoms with E-state index in [4.69, 9.17) is 5.73 Å². The number of nitrogens with two attached hydrogens (primary N) is 1.